The monoisotopic (exact) mass is 246 g/mol. The zero-order valence-corrected chi connectivity index (χ0v) is 10.9. The quantitative estimate of drug-likeness (QED) is 0.469. The Hall–Kier alpha value is -1.06. The molecule has 0 amide bonds. The van der Waals surface area contributed by atoms with Gasteiger partial charge in [-0.15, -0.1) is 0 Å². The number of thioether (sulfide) groups is 1. The van der Waals surface area contributed by atoms with Crippen LogP contribution in [0.3, 0.4) is 0 Å². The molecule has 0 saturated carbocycles. The van der Waals surface area contributed by atoms with Crippen LogP contribution in [0.5, 0.6) is 0 Å². The molecule has 0 N–H and O–H groups in total. The van der Waals surface area contributed by atoms with Crippen LogP contribution in [0.15, 0.2) is 40.7 Å². The molecule has 80 valence electrons. The van der Waals surface area contributed by atoms with Crippen LogP contribution in [-0.2, 0) is 7.05 Å². The Balaban J connectivity index is 2.51. The van der Waals surface area contributed by atoms with Crippen LogP contribution in [0.4, 0.5) is 0 Å². The van der Waals surface area contributed by atoms with E-state index < -0.39 is 0 Å². The van der Waals surface area contributed by atoms with E-state index in [0.29, 0.717) is 0 Å². The van der Waals surface area contributed by atoms with Crippen LogP contribution < -0.4 is 4.57 Å². The third kappa shape index (κ3) is 1.35. The molecule has 3 heteroatoms. The molecule has 0 bridgehead atoms. The summed E-state index contributed by atoms with van der Waals surface area (Å²) < 4.78 is 5.02. The molecule has 0 aliphatic heterocycles. The molecule has 1 heterocycles. The minimum Gasteiger partial charge on any atom is -0.179 e. The Morgan fingerprint density at radius 3 is 2.75 bits per heavy atom. The summed E-state index contributed by atoms with van der Waals surface area (Å²) in [7, 11) is 2.14. The molecule has 3 rings (SSSR count). The van der Waals surface area contributed by atoms with Gasteiger partial charge >= 0.3 is 0 Å². The van der Waals surface area contributed by atoms with Gasteiger partial charge in [-0.2, -0.15) is 4.57 Å². The topological polar surface area (TPSA) is 3.88 Å². The zero-order valence-electron chi connectivity index (χ0n) is 9.23. The smallest absolute Gasteiger partial charge is 0.179 e. The van der Waals surface area contributed by atoms with Crippen molar-refractivity contribution >= 4 is 44.1 Å². The van der Waals surface area contributed by atoms with E-state index in [1.165, 1.54) is 25.3 Å². The summed E-state index contributed by atoms with van der Waals surface area (Å²) in [5.74, 6) is 0. The maximum Gasteiger partial charge on any atom is 0.297 e. The van der Waals surface area contributed by atoms with Gasteiger partial charge in [-0.25, -0.2) is 0 Å². The molecule has 0 aliphatic rings. The highest BCUT2D eigenvalue weighted by Gasteiger charge is 2.17. The third-order valence-electron chi connectivity index (χ3n) is 2.86. The van der Waals surface area contributed by atoms with Crippen molar-refractivity contribution in [3.8, 4) is 0 Å². The first-order valence-corrected chi connectivity index (χ1v) is 7.19. The summed E-state index contributed by atoms with van der Waals surface area (Å²) in [6.07, 6.45) is 2.13. The number of nitrogens with zero attached hydrogens (tertiary/aromatic N) is 1. The predicted molar refractivity (Wildman–Crippen MR) is 72.3 cm³/mol. The summed E-state index contributed by atoms with van der Waals surface area (Å²) >= 11 is 3.69. The van der Waals surface area contributed by atoms with Crippen molar-refractivity contribution in [2.24, 2.45) is 7.05 Å². The van der Waals surface area contributed by atoms with E-state index in [9.17, 15) is 0 Å². The highest BCUT2D eigenvalue weighted by molar-refractivity contribution is 8.00. The molecule has 0 aliphatic carbocycles. The van der Waals surface area contributed by atoms with Crippen LogP contribution >= 0.6 is 23.1 Å². The predicted octanol–water partition coefficient (Wildman–Crippen LogP) is 3.60. The number of benzene rings is 2. The molecule has 3 aromatic rings. The largest absolute Gasteiger partial charge is 0.297 e. The number of aryl methyl sites for hydroxylation is 1. The minimum atomic E-state index is 1.32. The lowest BCUT2D eigenvalue weighted by atomic mass is 10.1. The van der Waals surface area contributed by atoms with E-state index in [0.717, 1.165) is 0 Å². The van der Waals surface area contributed by atoms with E-state index >= 15 is 0 Å². The molecule has 1 nitrogen and oxygen atoms in total. The fraction of sp³-hybridized carbons (Fsp3) is 0.154. The van der Waals surface area contributed by atoms with Crippen LogP contribution in [0.1, 0.15) is 0 Å². The first-order chi connectivity index (χ1) is 7.81. The number of aromatic nitrogens is 1. The van der Waals surface area contributed by atoms with Gasteiger partial charge in [0.1, 0.15) is 11.7 Å². The number of hydrogen-bond acceptors (Lipinski definition) is 2. The molecule has 0 fully saturated rings. The minimum absolute atomic E-state index is 1.32. The van der Waals surface area contributed by atoms with E-state index in [1.807, 2.05) is 23.1 Å². The van der Waals surface area contributed by atoms with Gasteiger partial charge in [-0.05, 0) is 29.5 Å². The van der Waals surface area contributed by atoms with Crippen LogP contribution in [0.2, 0.25) is 0 Å². The van der Waals surface area contributed by atoms with E-state index in [1.54, 1.807) is 0 Å². The molecule has 0 saturated heterocycles. The summed E-state index contributed by atoms with van der Waals surface area (Å²) in [6, 6.07) is 13.0. The summed E-state index contributed by atoms with van der Waals surface area (Å²) in [5, 5.41) is 2.69. The highest BCUT2D eigenvalue weighted by atomic mass is 32.2. The lowest BCUT2D eigenvalue weighted by Gasteiger charge is -1.95. The third-order valence-corrected chi connectivity index (χ3v) is 5.31. The van der Waals surface area contributed by atoms with Gasteiger partial charge in [-0.3, -0.25) is 0 Å². The number of hydrogen-bond donors (Lipinski definition) is 0. The maximum atomic E-state index is 2.27. The number of fused-ring (bicyclic) bond motifs is 3. The van der Waals surface area contributed by atoms with Crippen molar-refractivity contribution < 1.29 is 4.57 Å². The Bertz CT molecular complexity index is 670. The standard InChI is InChI=1S/C13H12NS2/c1-14-11-8-7-9-5-3-4-6-10(9)12(11)16-13(14)15-2/h3-8H,1-2H3/q+1. The summed E-state index contributed by atoms with van der Waals surface area (Å²) in [4.78, 5) is 0. The lowest BCUT2D eigenvalue weighted by Crippen LogP contribution is -2.27. The Morgan fingerprint density at radius 1 is 1.12 bits per heavy atom. The van der Waals surface area contributed by atoms with E-state index in [-0.39, 0.29) is 0 Å². The van der Waals surface area contributed by atoms with Gasteiger partial charge in [0.05, 0.1) is 0 Å². The normalized spacial score (nSPS) is 11.4. The van der Waals surface area contributed by atoms with Crippen molar-refractivity contribution in [3.63, 3.8) is 0 Å². The average molecular weight is 246 g/mol. The van der Waals surface area contributed by atoms with Gasteiger partial charge in [-0.1, -0.05) is 35.6 Å². The molecule has 0 radical (unpaired) electrons. The van der Waals surface area contributed by atoms with Gasteiger partial charge in [0.2, 0.25) is 5.52 Å². The first-order valence-electron chi connectivity index (χ1n) is 5.15. The molecule has 16 heavy (non-hydrogen) atoms. The lowest BCUT2D eigenvalue weighted by molar-refractivity contribution is -0.676. The van der Waals surface area contributed by atoms with Crippen LogP contribution in [0, 0.1) is 0 Å². The van der Waals surface area contributed by atoms with Crippen molar-refractivity contribution in [2.75, 3.05) is 6.26 Å². The van der Waals surface area contributed by atoms with Crippen molar-refractivity contribution in [2.45, 2.75) is 4.34 Å². The molecule has 0 unspecified atom stereocenters. The first kappa shape index (κ1) is 10.1. The molecule has 2 aromatic carbocycles. The molecule has 1 aromatic heterocycles. The Kier molecular flexibility index (Phi) is 2.37. The van der Waals surface area contributed by atoms with Gasteiger partial charge in [0.15, 0.2) is 0 Å². The SMILES string of the molecule is CSc1sc2c3ccccc3ccc2[n+]1C. The number of rotatable bonds is 1. The van der Waals surface area contributed by atoms with Crippen LogP contribution in [-0.4, -0.2) is 6.26 Å². The second-order valence-corrected chi connectivity index (χ2v) is 5.82. The molecule has 0 atom stereocenters. The van der Waals surface area contributed by atoms with Gasteiger partial charge in [0, 0.05) is 11.5 Å². The van der Waals surface area contributed by atoms with Gasteiger partial charge in [0.25, 0.3) is 4.34 Å². The Labute approximate surface area is 103 Å². The average Bonchev–Trinajstić information content (AvgIpc) is 2.67. The van der Waals surface area contributed by atoms with E-state index in [4.69, 9.17) is 0 Å². The second-order valence-electron chi connectivity index (χ2n) is 3.77. The molecular weight excluding hydrogens is 234 g/mol. The van der Waals surface area contributed by atoms with Gasteiger partial charge < -0.3 is 0 Å². The van der Waals surface area contributed by atoms with Crippen LogP contribution in [0.25, 0.3) is 21.0 Å². The summed E-state index contributed by atoms with van der Waals surface area (Å²) in [5.41, 5.74) is 1.33. The number of thiazole rings is 1. The molecular formula is C13H12NS2+. The van der Waals surface area contributed by atoms with Crippen molar-refractivity contribution in [1.29, 1.82) is 0 Å². The summed E-state index contributed by atoms with van der Waals surface area (Å²) in [6.45, 7) is 0. The van der Waals surface area contributed by atoms with Crippen molar-refractivity contribution in [1.82, 2.24) is 0 Å². The Morgan fingerprint density at radius 2 is 1.94 bits per heavy atom. The zero-order chi connectivity index (χ0) is 11.1. The van der Waals surface area contributed by atoms with Crippen molar-refractivity contribution in [3.05, 3.63) is 36.4 Å². The fourth-order valence-corrected chi connectivity index (χ4v) is 4.01. The highest BCUT2D eigenvalue weighted by Crippen LogP contribution is 2.31. The maximum absolute atomic E-state index is 2.27. The second kappa shape index (κ2) is 3.75. The fourth-order valence-electron chi connectivity index (χ4n) is 2.04. The molecule has 0 spiro atoms. The van der Waals surface area contributed by atoms with E-state index in [2.05, 4.69) is 54.3 Å².